The topological polar surface area (TPSA) is 95.4 Å². The summed E-state index contributed by atoms with van der Waals surface area (Å²) in [4.78, 5) is 21.6. The van der Waals surface area contributed by atoms with Gasteiger partial charge in [0.25, 0.3) is 5.91 Å². The summed E-state index contributed by atoms with van der Waals surface area (Å²) in [5.74, 6) is -0.696. The highest BCUT2D eigenvalue weighted by Crippen LogP contribution is 2.16. The molecule has 210 valence electrons. The van der Waals surface area contributed by atoms with Gasteiger partial charge >= 0.3 is 0 Å². The quantitative estimate of drug-likeness (QED) is 0.567. The van der Waals surface area contributed by atoms with E-state index in [0.29, 0.717) is 38.8 Å². The highest BCUT2D eigenvalue weighted by molar-refractivity contribution is 5.94. The third-order valence-electron chi connectivity index (χ3n) is 6.71. The summed E-state index contributed by atoms with van der Waals surface area (Å²) in [5, 5.41) is 21.6. The van der Waals surface area contributed by atoms with Crippen LogP contribution in [-0.4, -0.2) is 95.2 Å². The molecular formula is C29H42FN3O5. The second-order valence-electron chi connectivity index (χ2n) is 10.3. The SMILES string of the molecule is CC(C)CCO[C@@H]1CN(C(=O)c2ccccc2F)CCN(Cc2cccnc2)CCCCOC[C@@H](O)[C@H]1O. The zero-order chi connectivity index (χ0) is 27.3. The minimum absolute atomic E-state index is 0.00419. The Balaban J connectivity index is 1.86. The van der Waals surface area contributed by atoms with Gasteiger partial charge in [0.2, 0.25) is 0 Å². The van der Waals surface area contributed by atoms with Gasteiger partial charge in [0, 0.05) is 51.8 Å². The number of amides is 1. The van der Waals surface area contributed by atoms with Crippen LogP contribution in [0.2, 0.25) is 0 Å². The van der Waals surface area contributed by atoms with Gasteiger partial charge in [0.1, 0.15) is 24.1 Å². The summed E-state index contributed by atoms with van der Waals surface area (Å²) in [6.07, 6.45) is 2.67. The summed E-state index contributed by atoms with van der Waals surface area (Å²) in [7, 11) is 0. The Hall–Kier alpha value is -2.43. The molecule has 2 N–H and O–H groups in total. The van der Waals surface area contributed by atoms with Crippen LogP contribution in [0.4, 0.5) is 4.39 Å². The number of aliphatic hydroxyl groups is 2. The number of hydrogen-bond donors (Lipinski definition) is 2. The van der Waals surface area contributed by atoms with Gasteiger partial charge in [-0.3, -0.25) is 14.7 Å². The molecule has 1 aliphatic heterocycles. The van der Waals surface area contributed by atoms with Crippen molar-refractivity contribution in [1.29, 1.82) is 0 Å². The van der Waals surface area contributed by atoms with Crippen molar-refractivity contribution in [2.24, 2.45) is 5.92 Å². The fourth-order valence-electron chi connectivity index (χ4n) is 4.38. The maximum Gasteiger partial charge on any atom is 0.256 e. The molecule has 0 bridgehead atoms. The van der Waals surface area contributed by atoms with Crippen molar-refractivity contribution in [3.05, 3.63) is 65.7 Å². The third-order valence-corrected chi connectivity index (χ3v) is 6.71. The first kappa shape index (κ1) is 30.1. The Morgan fingerprint density at radius 1 is 1.16 bits per heavy atom. The maximum absolute atomic E-state index is 14.6. The van der Waals surface area contributed by atoms with Crippen molar-refractivity contribution in [3.63, 3.8) is 0 Å². The lowest BCUT2D eigenvalue weighted by Gasteiger charge is -2.34. The highest BCUT2D eigenvalue weighted by Gasteiger charge is 2.32. The lowest BCUT2D eigenvalue weighted by Crippen LogP contribution is -2.50. The number of carbonyl (C=O) groups is 1. The Bertz CT molecular complexity index is 964. The number of rotatable bonds is 7. The third kappa shape index (κ3) is 9.71. The van der Waals surface area contributed by atoms with E-state index in [1.165, 1.54) is 17.0 Å². The first-order valence-electron chi connectivity index (χ1n) is 13.6. The minimum atomic E-state index is -1.27. The average Bonchev–Trinajstić information content (AvgIpc) is 2.91. The lowest BCUT2D eigenvalue weighted by atomic mass is 10.1. The summed E-state index contributed by atoms with van der Waals surface area (Å²) < 4.78 is 26.3. The molecule has 1 fully saturated rings. The minimum Gasteiger partial charge on any atom is -0.388 e. The molecule has 1 amide bonds. The molecule has 1 aromatic heterocycles. The van der Waals surface area contributed by atoms with Gasteiger partial charge < -0.3 is 24.6 Å². The number of hydrogen-bond acceptors (Lipinski definition) is 7. The molecule has 3 atom stereocenters. The number of benzene rings is 1. The Kier molecular flexibility index (Phi) is 12.6. The summed E-state index contributed by atoms with van der Waals surface area (Å²) >= 11 is 0. The van der Waals surface area contributed by atoms with E-state index < -0.39 is 30.0 Å². The van der Waals surface area contributed by atoms with Crippen LogP contribution in [0.5, 0.6) is 0 Å². The number of aromatic nitrogens is 1. The Labute approximate surface area is 225 Å². The number of ether oxygens (including phenoxy) is 2. The second kappa shape index (κ2) is 15.9. The molecule has 0 radical (unpaired) electrons. The van der Waals surface area contributed by atoms with E-state index in [9.17, 15) is 19.4 Å². The van der Waals surface area contributed by atoms with E-state index in [4.69, 9.17) is 9.47 Å². The lowest BCUT2D eigenvalue weighted by molar-refractivity contribution is -0.116. The van der Waals surface area contributed by atoms with Crippen molar-refractivity contribution in [2.75, 3.05) is 46.0 Å². The van der Waals surface area contributed by atoms with Gasteiger partial charge in [-0.05, 0) is 55.5 Å². The molecular weight excluding hydrogens is 489 g/mol. The van der Waals surface area contributed by atoms with Crippen LogP contribution in [-0.2, 0) is 16.0 Å². The molecule has 0 aliphatic carbocycles. The van der Waals surface area contributed by atoms with Gasteiger partial charge in [-0.1, -0.05) is 32.0 Å². The molecule has 1 aliphatic rings. The zero-order valence-electron chi connectivity index (χ0n) is 22.5. The number of carbonyl (C=O) groups excluding carboxylic acids is 1. The molecule has 2 heterocycles. The van der Waals surface area contributed by atoms with Crippen molar-refractivity contribution in [1.82, 2.24) is 14.8 Å². The van der Waals surface area contributed by atoms with E-state index in [2.05, 4.69) is 23.7 Å². The largest absolute Gasteiger partial charge is 0.388 e. The van der Waals surface area contributed by atoms with Crippen LogP contribution in [0.15, 0.2) is 48.8 Å². The first-order valence-corrected chi connectivity index (χ1v) is 13.6. The molecule has 0 saturated carbocycles. The van der Waals surface area contributed by atoms with Crippen LogP contribution in [0.3, 0.4) is 0 Å². The fourth-order valence-corrected chi connectivity index (χ4v) is 4.38. The van der Waals surface area contributed by atoms with E-state index in [0.717, 1.165) is 31.4 Å². The van der Waals surface area contributed by atoms with E-state index >= 15 is 0 Å². The van der Waals surface area contributed by atoms with Gasteiger partial charge in [0.05, 0.1) is 12.2 Å². The molecule has 3 rings (SSSR count). The molecule has 9 heteroatoms. The normalized spacial score (nSPS) is 22.8. The van der Waals surface area contributed by atoms with Crippen molar-refractivity contribution < 1.29 is 28.9 Å². The first-order chi connectivity index (χ1) is 18.3. The van der Waals surface area contributed by atoms with Crippen LogP contribution < -0.4 is 0 Å². The molecule has 1 aromatic carbocycles. The standard InChI is InChI=1S/C29H42FN3O5/c1-22(2)11-17-38-27-20-33(29(36)24-9-3-4-10-25(24)30)15-14-32(19-23-8-7-12-31-18-23)13-5-6-16-37-21-26(34)28(27)35/h3-4,7-10,12,18,22,26-28,34-35H,5-6,11,13-17,19-21H2,1-2H3/t26-,27-,28-/m1/s1. The van der Waals surface area contributed by atoms with Crippen molar-refractivity contribution >= 4 is 5.91 Å². The van der Waals surface area contributed by atoms with E-state index in [-0.39, 0.29) is 18.7 Å². The average molecular weight is 532 g/mol. The number of aliphatic hydroxyl groups excluding tert-OH is 2. The van der Waals surface area contributed by atoms with Crippen LogP contribution in [0, 0.1) is 11.7 Å². The van der Waals surface area contributed by atoms with Gasteiger partial charge in [-0.25, -0.2) is 4.39 Å². The predicted octanol–water partition coefficient (Wildman–Crippen LogP) is 3.13. The molecule has 8 nitrogen and oxygen atoms in total. The van der Waals surface area contributed by atoms with Gasteiger partial charge in [-0.15, -0.1) is 0 Å². The van der Waals surface area contributed by atoms with Crippen LogP contribution in [0.1, 0.15) is 49.0 Å². The predicted molar refractivity (Wildman–Crippen MR) is 143 cm³/mol. The smallest absolute Gasteiger partial charge is 0.256 e. The maximum atomic E-state index is 14.6. The van der Waals surface area contributed by atoms with Crippen LogP contribution in [0.25, 0.3) is 0 Å². The molecule has 0 spiro atoms. The zero-order valence-corrected chi connectivity index (χ0v) is 22.5. The molecule has 2 aromatic rings. The van der Waals surface area contributed by atoms with Crippen molar-refractivity contribution in [2.45, 2.75) is 58.0 Å². The number of pyridine rings is 1. The van der Waals surface area contributed by atoms with Crippen molar-refractivity contribution in [3.8, 4) is 0 Å². The Morgan fingerprint density at radius 2 is 1.97 bits per heavy atom. The summed E-state index contributed by atoms with van der Waals surface area (Å²) in [6.45, 7) is 7.22. The monoisotopic (exact) mass is 531 g/mol. The second-order valence-corrected chi connectivity index (χ2v) is 10.3. The van der Waals surface area contributed by atoms with Crippen LogP contribution >= 0.6 is 0 Å². The summed E-state index contributed by atoms with van der Waals surface area (Å²) in [5.41, 5.74) is 1.03. The molecule has 1 saturated heterocycles. The Morgan fingerprint density at radius 3 is 2.71 bits per heavy atom. The highest BCUT2D eigenvalue weighted by atomic mass is 19.1. The van der Waals surface area contributed by atoms with Gasteiger partial charge in [0.15, 0.2) is 0 Å². The number of halogens is 1. The molecule has 38 heavy (non-hydrogen) atoms. The molecule has 0 unspecified atom stereocenters. The fraction of sp³-hybridized carbons (Fsp3) is 0.586. The summed E-state index contributed by atoms with van der Waals surface area (Å²) in [6, 6.07) is 9.81. The van der Waals surface area contributed by atoms with Gasteiger partial charge in [-0.2, -0.15) is 0 Å². The van der Waals surface area contributed by atoms with E-state index in [1.807, 2.05) is 18.3 Å². The number of nitrogens with zero attached hydrogens (tertiary/aromatic N) is 3. The van der Waals surface area contributed by atoms with E-state index in [1.54, 1.807) is 18.3 Å².